The van der Waals surface area contributed by atoms with Gasteiger partial charge in [0.1, 0.15) is 6.04 Å². The minimum atomic E-state index is -4.28. The molecular formula is C16H21N2O5P. The summed E-state index contributed by atoms with van der Waals surface area (Å²) in [5, 5.41) is 9.02. The molecule has 0 fully saturated rings. The van der Waals surface area contributed by atoms with Gasteiger partial charge in [-0.1, -0.05) is 42.5 Å². The molecule has 0 saturated heterocycles. The van der Waals surface area contributed by atoms with Crippen LogP contribution >= 0.6 is 7.60 Å². The number of aliphatic carboxylic acids is 1. The highest BCUT2D eigenvalue weighted by Crippen LogP contribution is 2.41. The molecule has 1 aliphatic carbocycles. The first kappa shape index (κ1) is 18.6. The second-order valence-electron chi connectivity index (χ2n) is 6.14. The summed E-state index contributed by atoms with van der Waals surface area (Å²) in [5.41, 5.74) is 12.9. The number of rotatable bonds is 6. The standard InChI is InChI=1S/C16H21N2O5P/c17-14(15(19)20)9-16(18)7-11(10-24(21,22)23)6-13(8-16)12-4-2-1-3-5-12/h1-7,14H,8-10,17-18H2,(H,19,20)(H2,21,22,23). The highest BCUT2D eigenvalue weighted by Gasteiger charge is 2.33. The maximum atomic E-state index is 11.3. The molecule has 0 bridgehead atoms. The van der Waals surface area contributed by atoms with Gasteiger partial charge in [0.25, 0.3) is 0 Å². The van der Waals surface area contributed by atoms with Gasteiger partial charge >= 0.3 is 13.6 Å². The molecule has 0 heterocycles. The van der Waals surface area contributed by atoms with Crippen molar-refractivity contribution >= 4 is 19.1 Å². The van der Waals surface area contributed by atoms with Crippen molar-refractivity contribution in [3.8, 4) is 0 Å². The van der Waals surface area contributed by atoms with E-state index in [1.54, 1.807) is 6.08 Å². The minimum absolute atomic E-state index is 0.0306. The summed E-state index contributed by atoms with van der Waals surface area (Å²) >= 11 is 0. The maximum absolute atomic E-state index is 11.3. The van der Waals surface area contributed by atoms with E-state index in [0.717, 1.165) is 11.1 Å². The molecule has 7 N–H and O–H groups in total. The molecule has 2 unspecified atom stereocenters. The number of nitrogens with two attached hydrogens (primary N) is 2. The van der Waals surface area contributed by atoms with Crippen LogP contribution in [0.2, 0.25) is 0 Å². The van der Waals surface area contributed by atoms with Crippen molar-refractivity contribution in [3.05, 3.63) is 53.6 Å². The third-order valence-corrected chi connectivity index (χ3v) is 4.58. The predicted octanol–water partition coefficient (Wildman–Crippen LogP) is 1.08. The molecule has 0 amide bonds. The quantitative estimate of drug-likeness (QED) is 0.481. The van der Waals surface area contributed by atoms with Gasteiger partial charge in [-0.25, -0.2) is 0 Å². The number of hydrogen-bond acceptors (Lipinski definition) is 4. The van der Waals surface area contributed by atoms with Crippen LogP contribution in [0.3, 0.4) is 0 Å². The summed E-state index contributed by atoms with van der Waals surface area (Å²) in [6, 6.07) is 8.12. The van der Waals surface area contributed by atoms with Gasteiger partial charge in [0.05, 0.1) is 6.16 Å². The molecule has 8 heteroatoms. The first-order chi connectivity index (χ1) is 11.1. The average molecular weight is 352 g/mol. The predicted molar refractivity (Wildman–Crippen MR) is 91.2 cm³/mol. The Morgan fingerprint density at radius 1 is 1.29 bits per heavy atom. The molecular weight excluding hydrogens is 331 g/mol. The molecule has 0 radical (unpaired) electrons. The largest absolute Gasteiger partial charge is 0.480 e. The minimum Gasteiger partial charge on any atom is -0.480 e. The number of benzene rings is 1. The van der Waals surface area contributed by atoms with Crippen LogP contribution in [-0.4, -0.2) is 38.6 Å². The van der Waals surface area contributed by atoms with Crippen LogP contribution in [0.5, 0.6) is 0 Å². The van der Waals surface area contributed by atoms with Crippen molar-refractivity contribution in [3.63, 3.8) is 0 Å². The molecule has 0 saturated carbocycles. The molecule has 24 heavy (non-hydrogen) atoms. The number of carbonyl (C=O) groups is 1. The van der Waals surface area contributed by atoms with E-state index < -0.39 is 31.3 Å². The number of carboxylic acids is 1. The second kappa shape index (κ2) is 7.01. The summed E-state index contributed by atoms with van der Waals surface area (Å²) in [6.45, 7) is 0. The Labute approximate surface area is 139 Å². The fourth-order valence-electron chi connectivity index (χ4n) is 2.89. The lowest BCUT2D eigenvalue weighted by Crippen LogP contribution is -2.47. The second-order valence-corrected chi connectivity index (χ2v) is 7.78. The van der Waals surface area contributed by atoms with E-state index >= 15 is 0 Å². The Bertz CT molecular complexity index is 725. The van der Waals surface area contributed by atoms with Gasteiger partial charge in [-0.05, 0) is 29.6 Å². The fraction of sp³-hybridized carbons (Fsp3) is 0.312. The lowest BCUT2D eigenvalue weighted by Gasteiger charge is -2.33. The molecule has 1 aromatic carbocycles. The van der Waals surface area contributed by atoms with Gasteiger partial charge in [-0.3, -0.25) is 9.36 Å². The van der Waals surface area contributed by atoms with Crippen molar-refractivity contribution in [1.29, 1.82) is 0 Å². The third kappa shape index (κ3) is 5.12. The molecule has 2 atom stereocenters. The van der Waals surface area contributed by atoms with E-state index in [4.69, 9.17) is 16.6 Å². The van der Waals surface area contributed by atoms with Gasteiger partial charge < -0.3 is 26.4 Å². The van der Waals surface area contributed by atoms with E-state index in [-0.39, 0.29) is 6.42 Å². The number of carboxylic acid groups (broad SMARTS) is 1. The maximum Gasteiger partial charge on any atom is 0.329 e. The zero-order valence-electron chi connectivity index (χ0n) is 13.0. The lowest BCUT2D eigenvalue weighted by atomic mass is 9.78. The Kier molecular flexibility index (Phi) is 5.42. The molecule has 2 rings (SSSR count). The van der Waals surface area contributed by atoms with Crippen LogP contribution in [0.15, 0.2) is 48.1 Å². The van der Waals surface area contributed by atoms with E-state index in [0.29, 0.717) is 12.0 Å². The van der Waals surface area contributed by atoms with Crippen molar-refractivity contribution in [2.75, 3.05) is 6.16 Å². The van der Waals surface area contributed by atoms with Crippen molar-refractivity contribution in [1.82, 2.24) is 0 Å². The summed E-state index contributed by atoms with van der Waals surface area (Å²) in [5.74, 6) is -1.17. The first-order valence-corrected chi connectivity index (χ1v) is 9.17. The summed E-state index contributed by atoms with van der Waals surface area (Å²) < 4.78 is 11.3. The molecule has 0 aromatic heterocycles. The average Bonchev–Trinajstić information content (AvgIpc) is 2.45. The smallest absolute Gasteiger partial charge is 0.329 e. The van der Waals surface area contributed by atoms with E-state index in [1.807, 2.05) is 30.3 Å². The van der Waals surface area contributed by atoms with Crippen LogP contribution in [0.1, 0.15) is 18.4 Å². The molecule has 130 valence electrons. The van der Waals surface area contributed by atoms with E-state index in [1.165, 1.54) is 6.08 Å². The Hall–Kier alpha value is -1.76. The van der Waals surface area contributed by atoms with E-state index in [9.17, 15) is 19.1 Å². The number of hydrogen-bond donors (Lipinski definition) is 5. The zero-order chi connectivity index (χ0) is 18.0. The molecule has 7 nitrogen and oxygen atoms in total. The van der Waals surface area contributed by atoms with Crippen molar-refractivity contribution < 1.29 is 24.3 Å². The molecule has 1 aliphatic rings. The monoisotopic (exact) mass is 352 g/mol. The van der Waals surface area contributed by atoms with Crippen LogP contribution < -0.4 is 11.5 Å². The Balaban J connectivity index is 2.38. The Morgan fingerprint density at radius 3 is 2.46 bits per heavy atom. The highest BCUT2D eigenvalue weighted by atomic mass is 31.2. The van der Waals surface area contributed by atoms with Gasteiger partial charge in [-0.2, -0.15) is 0 Å². The van der Waals surface area contributed by atoms with E-state index in [2.05, 4.69) is 0 Å². The molecule has 0 aliphatic heterocycles. The van der Waals surface area contributed by atoms with Gasteiger partial charge in [0.2, 0.25) is 0 Å². The van der Waals surface area contributed by atoms with Crippen molar-refractivity contribution in [2.24, 2.45) is 11.5 Å². The summed E-state index contributed by atoms with van der Waals surface area (Å²) in [7, 11) is -4.28. The van der Waals surface area contributed by atoms with Crippen LogP contribution in [0.4, 0.5) is 0 Å². The summed E-state index contributed by atoms with van der Waals surface area (Å²) in [6.07, 6.45) is 3.08. The SMILES string of the molecule is NC(CC1(N)C=C(CP(=O)(O)O)C=C(c2ccccc2)C1)C(=O)O. The van der Waals surface area contributed by atoms with Crippen molar-refractivity contribution in [2.45, 2.75) is 24.4 Å². The number of allylic oxidation sites excluding steroid dienone is 2. The van der Waals surface area contributed by atoms with Gasteiger partial charge in [-0.15, -0.1) is 0 Å². The van der Waals surface area contributed by atoms with Gasteiger partial charge in [0.15, 0.2) is 0 Å². The van der Waals surface area contributed by atoms with Crippen LogP contribution in [-0.2, 0) is 9.36 Å². The van der Waals surface area contributed by atoms with Crippen LogP contribution in [0, 0.1) is 0 Å². The third-order valence-electron chi connectivity index (χ3n) is 3.80. The molecule has 1 aromatic rings. The first-order valence-electron chi connectivity index (χ1n) is 7.38. The highest BCUT2D eigenvalue weighted by molar-refractivity contribution is 7.52. The lowest BCUT2D eigenvalue weighted by molar-refractivity contribution is -0.138. The normalized spacial score (nSPS) is 22.5. The Morgan fingerprint density at radius 2 is 1.92 bits per heavy atom. The fourth-order valence-corrected chi connectivity index (χ4v) is 3.54. The van der Waals surface area contributed by atoms with Crippen LogP contribution in [0.25, 0.3) is 5.57 Å². The van der Waals surface area contributed by atoms with Gasteiger partial charge in [0, 0.05) is 5.54 Å². The summed E-state index contributed by atoms with van der Waals surface area (Å²) in [4.78, 5) is 29.5. The molecule has 0 spiro atoms. The topological polar surface area (TPSA) is 147 Å². The zero-order valence-corrected chi connectivity index (χ0v) is 13.9.